The third-order valence-corrected chi connectivity index (χ3v) is 4.48. The highest BCUT2D eigenvalue weighted by molar-refractivity contribution is 5.45. The summed E-state index contributed by atoms with van der Waals surface area (Å²) < 4.78 is 14.0. The summed E-state index contributed by atoms with van der Waals surface area (Å²) in [5.41, 5.74) is 8.11. The maximum Gasteiger partial charge on any atom is 0.127 e. The highest BCUT2D eigenvalue weighted by Gasteiger charge is 2.48. The average Bonchev–Trinajstić information content (AvgIpc) is 2.55. The Hall–Kier alpha value is -0.890. The fraction of sp³-hybridized carbons (Fsp3) is 0.571. The first kappa shape index (κ1) is 10.3. The monoisotopic (exact) mass is 219 g/mol. The van der Waals surface area contributed by atoms with Crippen molar-refractivity contribution in [2.24, 2.45) is 5.73 Å². The predicted octanol–water partition coefficient (Wildman–Crippen LogP) is 3.08. The summed E-state index contributed by atoms with van der Waals surface area (Å²) in [7, 11) is 0. The first-order chi connectivity index (χ1) is 7.77. The molecule has 0 aromatic heterocycles. The van der Waals surface area contributed by atoms with Gasteiger partial charge in [-0.2, -0.15) is 0 Å². The van der Waals surface area contributed by atoms with Crippen molar-refractivity contribution in [1.82, 2.24) is 0 Å². The molecular formula is C14H18FN. The Kier molecular flexibility index (Phi) is 2.28. The zero-order chi connectivity index (χ0) is 11.2. The normalized spacial score (nSPS) is 25.5. The minimum Gasteiger partial charge on any atom is -0.330 e. The molecule has 0 bridgehead atoms. The van der Waals surface area contributed by atoms with E-state index in [2.05, 4.69) is 6.07 Å². The van der Waals surface area contributed by atoms with Gasteiger partial charge < -0.3 is 5.73 Å². The van der Waals surface area contributed by atoms with Crippen molar-refractivity contribution in [2.45, 2.75) is 43.4 Å². The molecule has 1 saturated carbocycles. The number of hydrogen-bond acceptors (Lipinski definition) is 1. The van der Waals surface area contributed by atoms with E-state index in [0.717, 1.165) is 18.4 Å². The lowest BCUT2D eigenvalue weighted by Crippen LogP contribution is -2.32. The van der Waals surface area contributed by atoms with Gasteiger partial charge in [-0.1, -0.05) is 18.6 Å². The van der Waals surface area contributed by atoms with Gasteiger partial charge >= 0.3 is 0 Å². The summed E-state index contributed by atoms with van der Waals surface area (Å²) in [6, 6.07) is 5.56. The number of fused-ring (bicyclic) bond motifs is 2. The van der Waals surface area contributed by atoms with Crippen molar-refractivity contribution in [3.8, 4) is 0 Å². The van der Waals surface area contributed by atoms with E-state index in [9.17, 15) is 4.39 Å². The Morgan fingerprint density at radius 3 is 2.81 bits per heavy atom. The number of benzene rings is 1. The van der Waals surface area contributed by atoms with E-state index in [1.807, 2.05) is 6.07 Å². The number of halogens is 1. The van der Waals surface area contributed by atoms with Crippen LogP contribution in [0, 0.1) is 5.82 Å². The van der Waals surface area contributed by atoms with Gasteiger partial charge in [-0.15, -0.1) is 0 Å². The predicted molar refractivity (Wildman–Crippen MR) is 63.0 cm³/mol. The van der Waals surface area contributed by atoms with E-state index < -0.39 is 0 Å². The molecule has 0 radical (unpaired) electrons. The Morgan fingerprint density at radius 2 is 2.19 bits per heavy atom. The second-order valence-corrected chi connectivity index (χ2v) is 5.32. The van der Waals surface area contributed by atoms with Crippen molar-refractivity contribution in [2.75, 3.05) is 6.54 Å². The molecule has 16 heavy (non-hydrogen) atoms. The summed E-state index contributed by atoms with van der Waals surface area (Å²) in [6.07, 6.45) is 5.71. The fourth-order valence-corrected chi connectivity index (χ4v) is 3.64. The lowest BCUT2D eigenvalue weighted by molar-refractivity contribution is 0.225. The second kappa shape index (κ2) is 3.56. The van der Waals surface area contributed by atoms with Crippen LogP contribution in [0.15, 0.2) is 18.2 Å². The molecule has 0 aliphatic heterocycles. The number of nitrogens with two attached hydrogens (primary N) is 1. The third kappa shape index (κ3) is 1.26. The van der Waals surface area contributed by atoms with Crippen molar-refractivity contribution in [3.05, 3.63) is 35.1 Å². The molecule has 2 aliphatic rings. The highest BCUT2D eigenvalue weighted by Crippen LogP contribution is 2.58. The van der Waals surface area contributed by atoms with Gasteiger partial charge in [-0.3, -0.25) is 0 Å². The van der Waals surface area contributed by atoms with Crippen LogP contribution in [0.3, 0.4) is 0 Å². The van der Waals surface area contributed by atoms with E-state index in [4.69, 9.17) is 5.73 Å². The minimum atomic E-state index is 0.0109. The molecule has 0 amide bonds. The third-order valence-electron chi connectivity index (χ3n) is 4.48. The molecule has 1 unspecified atom stereocenters. The van der Waals surface area contributed by atoms with Crippen molar-refractivity contribution in [1.29, 1.82) is 0 Å². The molecule has 1 fully saturated rings. The van der Waals surface area contributed by atoms with Gasteiger partial charge in [0.05, 0.1) is 0 Å². The SMILES string of the molecule is NCCC1CC2(CCC2)c2c(F)cccc21. The standard InChI is InChI=1S/C14H18FN/c15-12-4-1-3-11-10(5-8-16)9-14(13(11)12)6-2-7-14/h1,3-4,10H,2,5-9,16H2. The zero-order valence-corrected chi connectivity index (χ0v) is 9.51. The molecule has 0 heterocycles. The first-order valence-corrected chi connectivity index (χ1v) is 6.26. The van der Waals surface area contributed by atoms with Crippen LogP contribution in [0.1, 0.15) is 49.1 Å². The molecule has 1 nitrogen and oxygen atoms in total. The summed E-state index contributed by atoms with van der Waals surface area (Å²) in [5, 5.41) is 0. The largest absolute Gasteiger partial charge is 0.330 e. The average molecular weight is 219 g/mol. The van der Waals surface area contributed by atoms with E-state index in [1.165, 1.54) is 24.8 Å². The van der Waals surface area contributed by atoms with E-state index in [0.29, 0.717) is 12.5 Å². The second-order valence-electron chi connectivity index (χ2n) is 5.32. The molecule has 0 saturated heterocycles. The van der Waals surface area contributed by atoms with Gasteiger partial charge in [0.15, 0.2) is 0 Å². The van der Waals surface area contributed by atoms with Crippen molar-refractivity contribution >= 4 is 0 Å². The van der Waals surface area contributed by atoms with Crippen LogP contribution in [-0.2, 0) is 5.41 Å². The molecule has 1 aromatic rings. The van der Waals surface area contributed by atoms with E-state index in [1.54, 1.807) is 6.07 Å². The van der Waals surface area contributed by atoms with Crippen molar-refractivity contribution < 1.29 is 4.39 Å². The van der Waals surface area contributed by atoms with E-state index in [-0.39, 0.29) is 11.2 Å². The van der Waals surface area contributed by atoms with E-state index >= 15 is 0 Å². The van der Waals surface area contributed by atoms with Crippen LogP contribution < -0.4 is 5.73 Å². The molecule has 2 heteroatoms. The summed E-state index contributed by atoms with van der Waals surface area (Å²) in [4.78, 5) is 0. The molecule has 3 rings (SSSR count). The topological polar surface area (TPSA) is 26.0 Å². The lowest BCUT2D eigenvalue weighted by atomic mass is 9.64. The Morgan fingerprint density at radius 1 is 1.38 bits per heavy atom. The van der Waals surface area contributed by atoms with Crippen LogP contribution in [0.2, 0.25) is 0 Å². The quantitative estimate of drug-likeness (QED) is 0.812. The summed E-state index contributed by atoms with van der Waals surface area (Å²) in [5.74, 6) is 0.507. The van der Waals surface area contributed by atoms with Gasteiger partial charge in [0.2, 0.25) is 0 Å². The number of rotatable bonds is 2. The highest BCUT2D eigenvalue weighted by atomic mass is 19.1. The summed E-state index contributed by atoms with van der Waals surface area (Å²) in [6.45, 7) is 0.705. The molecular weight excluding hydrogens is 201 g/mol. The molecule has 2 N–H and O–H groups in total. The lowest BCUT2D eigenvalue weighted by Gasteiger charge is -2.39. The van der Waals surface area contributed by atoms with Crippen molar-refractivity contribution in [3.63, 3.8) is 0 Å². The van der Waals surface area contributed by atoms with Crippen LogP contribution in [0.25, 0.3) is 0 Å². The maximum atomic E-state index is 14.0. The van der Waals surface area contributed by atoms with Gasteiger partial charge in [-0.05, 0) is 60.8 Å². The maximum absolute atomic E-state index is 14.0. The first-order valence-electron chi connectivity index (χ1n) is 6.26. The van der Waals surface area contributed by atoms with Gasteiger partial charge in [0.1, 0.15) is 5.82 Å². The minimum absolute atomic E-state index is 0.0109. The van der Waals surface area contributed by atoms with Crippen LogP contribution >= 0.6 is 0 Å². The van der Waals surface area contributed by atoms with Gasteiger partial charge in [-0.25, -0.2) is 4.39 Å². The zero-order valence-electron chi connectivity index (χ0n) is 9.51. The Bertz CT molecular complexity index is 409. The molecule has 86 valence electrons. The molecule has 1 spiro atoms. The molecule has 1 atom stereocenters. The molecule has 1 aromatic carbocycles. The molecule has 2 aliphatic carbocycles. The van der Waals surface area contributed by atoms with Gasteiger partial charge in [0, 0.05) is 0 Å². The smallest absolute Gasteiger partial charge is 0.127 e. The summed E-state index contributed by atoms with van der Waals surface area (Å²) >= 11 is 0. The Labute approximate surface area is 95.8 Å². The van der Waals surface area contributed by atoms with Crippen LogP contribution in [-0.4, -0.2) is 6.54 Å². The van der Waals surface area contributed by atoms with Gasteiger partial charge in [0.25, 0.3) is 0 Å². The Balaban J connectivity index is 2.07. The number of hydrogen-bond donors (Lipinski definition) is 1. The van der Waals surface area contributed by atoms with Crippen LogP contribution in [0.4, 0.5) is 4.39 Å². The van der Waals surface area contributed by atoms with Crippen LogP contribution in [0.5, 0.6) is 0 Å². The fourth-order valence-electron chi connectivity index (χ4n) is 3.64.